The molecule has 1 fully saturated rings. The van der Waals surface area contributed by atoms with Crippen LogP contribution in [0.25, 0.3) is 0 Å². The number of carbonyl (C=O) groups excluding carboxylic acids is 1. The molecular weight excluding hydrogens is 230 g/mol. The molecule has 0 aromatic heterocycles. The minimum Gasteiger partial charge on any atom is -0.495 e. The molecule has 2 N–H and O–H groups in total. The summed E-state index contributed by atoms with van der Waals surface area (Å²) in [6.07, 6.45) is 0.958. The number of ether oxygens (including phenoxy) is 1. The molecule has 1 aliphatic rings. The lowest BCUT2D eigenvalue weighted by Crippen LogP contribution is -2.47. The van der Waals surface area contributed by atoms with E-state index in [1.165, 1.54) is 0 Å². The molecule has 0 bridgehead atoms. The fourth-order valence-electron chi connectivity index (χ4n) is 2.23. The normalized spacial score (nSPS) is 16.6. The van der Waals surface area contributed by atoms with Gasteiger partial charge in [0.2, 0.25) is 0 Å². The van der Waals surface area contributed by atoms with Gasteiger partial charge in [0.05, 0.1) is 19.3 Å². The monoisotopic (exact) mass is 249 g/mol. The van der Waals surface area contributed by atoms with Gasteiger partial charge >= 0.3 is 0 Å². The van der Waals surface area contributed by atoms with Crippen LogP contribution in [0.15, 0.2) is 18.2 Å². The predicted octanol–water partition coefficient (Wildman–Crippen LogP) is 0.598. The van der Waals surface area contributed by atoms with Gasteiger partial charge in [0.15, 0.2) is 0 Å². The van der Waals surface area contributed by atoms with Gasteiger partial charge in [-0.25, -0.2) is 0 Å². The zero-order chi connectivity index (χ0) is 13.0. The lowest BCUT2D eigenvalue weighted by Gasteiger charge is -2.35. The van der Waals surface area contributed by atoms with Crippen LogP contribution < -0.4 is 15.4 Å². The number of nitrogens with zero attached hydrogens (tertiary/aromatic N) is 2. The van der Waals surface area contributed by atoms with Crippen molar-refractivity contribution in [2.75, 3.05) is 50.5 Å². The van der Waals surface area contributed by atoms with Gasteiger partial charge in [-0.1, -0.05) is 0 Å². The van der Waals surface area contributed by atoms with Crippen LogP contribution in [0, 0.1) is 0 Å². The van der Waals surface area contributed by atoms with Gasteiger partial charge in [-0.2, -0.15) is 0 Å². The molecule has 5 heteroatoms. The van der Waals surface area contributed by atoms with Gasteiger partial charge in [-0.05, 0) is 12.1 Å². The fourth-order valence-corrected chi connectivity index (χ4v) is 2.23. The summed E-state index contributed by atoms with van der Waals surface area (Å²) in [6, 6.07) is 5.71. The molecule has 0 atom stereocenters. The SMILES string of the molecule is COc1cc(N)ccc1N1CCN(CC=O)CC1. The molecule has 0 aliphatic carbocycles. The van der Waals surface area contributed by atoms with Gasteiger partial charge in [-0.15, -0.1) is 0 Å². The van der Waals surface area contributed by atoms with Crippen molar-refractivity contribution in [1.82, 2.24) is 4.90 Å². The van der Waals surface area contributed by atoms with Crippen LogP contribution >= 0.6 is 0 Å². The van der Waals surface area contributed by atoms with Crippen molar-refractivity contribution >= 4 is 17.7 Å². The Bertz CT molecular complexity index is 415. The molecule has 1 heterocycles. The van der Waals surface area contributed by atoms with Crippen LogP contribution in [-0.2, 0) is 4.79 Å². The predicted molar refractivity (Wildman–Crippen MR) is 72.1 cm³/mol. The number of nitrogen functional groups attached to an aromatic ring is 1. The van der Waals surface area contributed by atoms with E-state index >= 15 is 0 Å². The first kappa shape index (κ1) is 12.7. The van der Waals surface area contributed by atoms with E-state index in [9.17, 15) is 4.79 Å². The summed E-state index contributed by atoms with van der Waals surface area (Å²) < 4.78 is 5.36. The highest BCUT2D eigenvalue weighted by atomic mass is 16.5. The third kappa shape index (κ3) is 2.73. The van der Waals surface area contributed by atoms with Gasteiger partial charge in [-0.3, -0.25) is 4.90 Å². The van der Waals surface area contributed by atoms with E-state index in [-0.39, 0.29) is 0 Å². The summed E-state index contributed by atoms with van der Waals surface area (Å²) in [5.74, 6) is 0.804. The summed E-state index contributed by atoms with van der Waals surface area (Å²) in [6.45, 7) is 4.10. The first-order valence-corrected chi connectivity index (χ1v) is 6.09. The second kappa shape index (κ2) is 5.73. The summed E-state index contributed by atoms with van der Waals surface area (Å²) in [5, 5.41) is 0. The molecule has 0 unspecified atom stereocenters. The zero-order valence-electron chi connectivity index (χ0n) is 10.6. The van der Waals surface area contributed by atoms with Crippen molar-refractivity contribution in [1.29, 1.82) is 0 Å². The van der Waals surface area contributed by atoms with Crippen LogP contribution in [0.5, 0.6) is 5.75 Å². The lowest BCUT2D eigenvalue weighted by molar-refractivity contribution is -0.108. The number of nitrogens with two attached hydrogens (primary N) is 1. The molecule has 0 saturated carbocycles. The highest BCUT2D eigenvalue weighted by molar-refractivity contribution is 5.64. The highest BCUT2D eigenvalue weighted by Crippen LogP contribution is 2.30. The standard InChI is InChI=1S/C13H19N3O2/c1-18-13-10-11(14)2-3-12(13)16-6-4-15(5-7-16)8-9-17/h2-3,9-10H,4-8,14H2,1H3. The Morgan fingerprint density at radius 2 is 2.06 bits per heavy atom. The summed E-state index contributed by atoms with van der Waals surface area (Å²) in [7, 11) is 1.65. The molecule has 1 aromatic carbocycles. The van der Waals surface area contributed by atoms with Crippen molar-refractivity contribution in [3.8, 4) is 5.75 Å². The molecule has 5 nitrogen and oxygen atoms in total. The van der Waals surface area contributed by atoms with Crippen molar-refractivity contribution < 1.29 is 9.53 Å². The van der Waals surface area contributed by atoms with Gasteiger partial charge in [0.1, 0.15) is 12.0 Å². The Kier molecular flexibility index (Phi) is 4.04. The average molecular weight is 249 g/mol. The molecule has 0 spiro atoms. The Hall–Kier alpha value is -1.75. The zero-order valence-corrected chi connectivity index (χ0v) is 10.6. The molecule has 1 aromatic rings. The topological polar surface area (TPSA) is 58.8 Å². The number of anilines is 2. The van der Waals surface area contributed by atoms with E-state index in [2.05, 4.69) is 9.80 Å². The summed E-state index contributed by atoms with van der Waals surface area (Å²) in [4.78, 5) is 14.9. The van der Waals surface area contributed by atoms with Crippen LogP contribution in [0.1, 0.15) is 0 Å². The quantitative estimate of drug-likeness (QED) is 0.625. The van der Waals surface area contributed by atoms with E-state index in [4.69, 9.17) is 10.5 Å². The summed E-state index contributed by atoms with van der Waals surface area (Å²) >= 11 is 0. The second-order valence-electron chi connectivity index (χ2n) is 4.39. The van der Waals surface area contributed by atoms with Crippen LogP contribution in [0.2, 0.25) is 0 Å². The van der Waals surface area contributed by atoms with Crippen LogP contribution in [0.4, 0.5) is 11.4 Å². The third-order valence-electron chi connectivity index (χ3n) is 3.25. The number of aldehydes is 1. The van der Waals surface area contributed by atoms with E-state index in [0.717, 1.165) is 43.9 Å². The van der Waals surface area contributed by atoms with Crippen molar-refractivity contribution in [2.45, 2.75) is 0 Å². The Balaban J connectivity index is 2.07. The Morgan fingerprint density at radius 3 is 2.67 bits per heavy atom. The average Bonchev–Trinajstić information content (AvgIpc) is 2.40. The molecule has 1 aliphatic heterocycles. The van der Waals surface area contributed by atoms with Crippen LogP contribution in [0.3, 0.4) is 0 Å². The number of methoxy groups -OCH3 is 1. The maximum atomic E-state index is 10.5. The van der Waals surface area contributed by atoms with Crippen LogP contribution in [-0.4, -0.2) is 51.0 Å². The number of carbonyl (C=O) groups is 1. The number of benzene rings is 1. The van der Waals surface area contributed by atoms with Gasteiger partial charge in [0.25, 0.3) is 0 Å². The molecular formula is C13H19N3O2. The molecule has 2 rings (SSSR count). The lowest BCUT2D eigenvalue weighted by atomic mass is 10.2. The largest absolute Gasteiger partial charge is 0.495 e. The van der Waals surface area contributed by atoms with Crippen molar-refractivity contribution in [3.63, 3.8) is 0 Å². The van der Waals surface area contributed by atoms with E-state index in [1.54, 1.807) is 7.11 Å². The maximum absolute atomic E-state index is 10.5. The van der Waals surface area contributed by atoms with Crippen molar-refractivity contribution in [2.24, 2.45) is 0 Å². The van der Waals surface area contributed by atoms with E-state index < -0.39 is 0 Å². The Labute approximate surface area is 107 Å². The smallest absolute Gasteiger partial charge is 0.144 e. The fraction of sp³-hybridized carbons (Fsp3) is 0.462. The number of rotatable bonds is 4. The highest BCUT2D eigenvalue weighted by Gasteiger charge is 2.19. The first-order valence-electron chi connectivity index (χ1n) is 6.09. The van der Waals surface area contributed by atoms with E-state index in [1.807, 2.05) is 18.2 Å². The molecule has 1 saturated heterocycles. The van der Waals surface area contributed by atoms with Gasteiger partial charge < -0.3 is 20.2 Å². The molecule has 98 valence electrons. The van der Waals surface area contributed by atoms with Gasteiger partial charge in [0, 0.05) is 37.9 Å². The maximum Gasteiger partial charge on any atom is 0.144 e. The number of hydrogen-bond acceptors (Lipinski definition) is 5. The third-order valence-corrected chi connectivity index (χ3v) is 3.25. The first-order chi connectivity index (χ1) is 8.74. The minimum atomic E-state index is 0.521. The number of piperazine rings is 1. The molecule has 18 heavy (non-hydrogen) atoms. The molecule has 0 amide bonds. The Morgan fingerprint density at radius 1 is 1.33 bits per heavy atom. The number of hydrogen-bond donors (Lipinski definition) is 1. The minimum absolute atomic E-state index is 0.521. The van der Waals surface area contributed by atoms with Crippen molar-refractivity contribution in [3.05, 3.63) is 18.2 Å². The van der Waals surface area contributed by atoms with E-state index in [0.29, 0.717) is 12.2 Å². The molecule has 0 radical (unpaired) electrons. The summed E-state index contributed by atoms with van der Waals surface area (Å²) in [5.41, 5.74) is 7.52. The second-order valence-corrected chi connectivity index (χ2v) is 4.39.